The van der Waals surface area contributed by atoms with Gasteiger partial charge in [-0.2, -0.15) is 0 Å². The fourth-order valence-corrected chi connectivity index (χ4v) is 3.27. The highest BCUT2D eigenvalue weighted by molar-refractivity contribution is 14.0. The second-order valence-corrected chi connectivity index (χ2v) is 7.23. The summed E-state index contributed by atoms with van der Waals surface area (Å²) in [4.78, 5) is 4.30. The molecule has 2 N–H and O–H groups in total. The Bertz CT molecular complexity index is 1020. The Kier molecular flexibility index (Phi) is 11.3. The molecular formula is C26H32IN3O4. The van der Waals surface area contributed by atoms with Crippen molar-refractivity contribution in [3.05, 3.63) is 83.4 Å². The Morgan fingerprint density at radius 1 is 0.735 bits per heavy atom. The monoisotopic (exact) mass is 577 g/mol. The first kappa shape index (κ1) is 27.1. The van der Waals surface area contributed by atoms with E-state index >= 15 is 0 Å². The first-order valence-electron chi connectivity index (χ1n) is 10.7. The van der Waals surface area contributed by atoms with Crippen molar-refractivity contribution in [3.8, 4) is 23.0 Å². The zero-order chi connectivity index (χ0) is 23.5. The first-order chi connectivity index (χ1) is 16.2. The number of hydrogen-bond acceptors (Lipinski definition) is 5. The standard InChI is InChI=1S/C26H31N3O4.HI/c1-27-26(29-17-21-14-23(30-2)25(32-4)24(15-21)31-3)28-16-19-10-12-22(13-11-19)33-18-20-8-6-5-7-9-20;/h5-15H,16-18H2,1-4H3,(H2,27,28,29);1H. The van der Waals surface area contributed by atoms with Gasteiger partial charge in [-0.25, -0.2) is 0 Å². The summed E-state index contributed by atoms with van der Waals surface area (Å²) in [5.41, 5.74) is 3.25. The topological polar surface area (TPSA) is 73.3 Å². The molecule has 0 aliphatic carbocycles. The molecule has 0 atom stereocenters. The zero-order valence-corrected chi connectivity index (χ0v) is 22.3. The number of guanidine groups is 1. The Labute approximate surface area is 218 Å². The van der Waals surface area contributed by atoms with Gasteiger partial charge in [-0.3, -0.25) is 4.99 Å². The van der Waals surface area contributed by atoms with E-state index < -0.39 is 0 Å². The van der Waals surface area contributed by atoms with E-state index in [9.17, 15) is 0 Å². The summed E-state index contributed by atoms with van der Waals surface area (Å²) in [5, 5.41) is 6.63. The second-order valence-electron chi connectivity index (χ2n) is 7.23. The van der Waals surface area contributed by atoms with Crippen LogP contribution in [0.15, 0.2) is 71.7 Å². The number of benzene rings is 3. The molecule has 3 aromatic rings. The summed E-state index contributed by atoms with van der Waals surface area (Å²) in [6, 6.07) is 22.0. The van der Waals surface area contributed by atoms with Crippen LogP contribution in [-0.2, 0) is 19.7 Å². The van der Waals surface area contributed by atoms with Gasteiger partial charge in [0.25, 0.3) is 0 Å². The third-order valence-corrected chi connectivity index (χ3v) is 5.04. The molecule has 8 heteroatoms. The summed E-state index contributed by atoms with van der Waals surface area (Å²) in [6.45, 7) is 1.73. The molecule has 3 aromatic carbocycles. The summed E-state index contributed by atoms with van der Waals surface area (Å²) < 4.78 is 22.1. The van der Waals surface area contributed by atoms with Crippen LogP contribution in [0.5, 0.6) is 23.0 Å². The van der Waals surface area contributed by atoms with E-state index in [0.29, 0.717) is 42.9 Å². The highest BCUT2D eigenvalue weighted by Crippen LogP contribution is 2.38. The fraction of sp³-hybridized carbons (Fsp3) is 0.269. The average Bonchev–Trinajstić information content (AvgIpc) is 2.88. The van der Waals surface area contributed by atoms with Gasteiger partial charge in [-0.15, -0.1) is 24.0 Å². The molecule has 0 aromatic heterocycles. The molecule has 0 spiro atoms. The van der Waals surface area contributed by atoms with Crippen molar-refractivity contribution in [3.63, 3.8) is 0 Å². The van der Waals surface area contributed by atoms with Crippen molar-refractivity contribution < 1.29 is 18.9 Å². The molecule has 0 unspecified atom stereocenters. The number of halogens is 1. The van der Waals surface area contributed by atoms with E-state index in [1.165, 1.54) is 0 Å². The van der Waals surface area contributed by atoms with Crippen LogP contribution < -0.4 is 29.6 Å². The van der Waals surface area contributed by atoms with Crippen molar-refractivity contribution in [1.29, 1.82) is 0 Å². The minimum Gasteiger partial charge on any atom is -0.493 e. The molecule has 0 heterocycles. The predicted molar refractivity (Wildman–Crippen MR) is 146 cm³/mol. The van der Waals surface area contributed by atoms with Crippen molar-refractivity contribution in [2.24, 2.45) is 4.99 Å². The number of nitrogens with one attached hydrogen (secondary N) is 2. The molecule has 34 heavy (non-hydrogen) atoms. The van der Waals surface area contributed by atoms with Crippen molar-refractivity contribution in [2.45, 2.75) is 19.7 Å². The molecule has 0 amide bonds. The molecule has 7 nitrogen and oxygen atoms in total. The van der Waals surface area contributed by atoms with Crippen LogP contribution in [0.3, 0.4) is 0 Å². The Morgan fingerprint density at radius 3 is 1.85 bits per heavy atom. The highest BCUT2D eigenvalue weighted by atomic mass is 127. The summed E-state index contributed by atoms with van der Waals surface area (Å²) in [5.74, 6) is 3.33. The van der Waals surface area contributed by atoms with Gasteiger partial charge in [0, 0.05) is 20.1 Å². The first-order valence-corrected chi connectivity index (χ1v) is 10.7. The van der Waals surface area contributed by atoms with Crippen LogP contribution in [0.1, 0.15) is 16.7 Å². The molecule has 0 saturated carbocycles. The normalized spacial score (nSPS) is 10.6. The molecule has 3 rings (SSSR count). The van der Waals surface area contributed by atoms with Gasteiger partial charge in [0.2, 0.25) is 5.75 Å². The van der Waals surface area contributed by atoms with Crippen LogP contribution >= 0.6 is 24.0 Å². The molecule has 182 valence electrons. The zero-order valence-electron chi connectivity index (χ0n) is 20.0. The number of nitrogens with zero attached hydrogens (tertiary/aromatic N) is 1. The van der Waals surface area contributed by atoms with Crippen LogP contribution in [0, 0.1) is 0 Å². The average molecular weight is 577 g/mol. The Balaban J connectivity index is 0.00000408. The molecule has 0 radical (unpaired) electrons. The van der Waals surface area contributed by atoms with Crippen LogP contribution in [0.2, 0.25) is 0 Å². The molecule has 0 aliphatic rings. The van der Waals surface area contributed by atoms with Gasteiger partial charge >= 0.3 is 0 Å². The lowest BCUT2D eigenvalue weighted by atomic mass is 10.2. The van der Waals surface area contributed by atoms with Crippen LogP contribution in [0.25, 0.3) is 0 Å². The van der Waals surface area contributed by atoms with Crippen molar-refractivity contribution in [2.75, 3.05) is 28.4 Å². The summed E-state index contributed by atoms with van der Waals surface area (Å²) in [7, 11) is 6.54. The quantitative estimate of drug-likeness (QED) is 0.206. The maximum Gasteiger partial charge on any atom is 0.203 e. The lowest BCUT2D eigenvalue weighted by Gasteiger charge is -2.16. The number of ether oxygens (including phenoxy) is 4. The maximum absolute atomic E-state index is 5.85. The van der Waals surface area contributed by atoms with Gasteiger partial charge in [-0.05, 0) is 41.0 Å². The second kappa shape index (κ2) is 14.2. The third-order valence-electron chi connectivity index (χ3n) is 5.04. The highest BCUT2D eigenvalue weighted by Gasteiger charge is 2.13. The lowest BCUT2D eigenvalue weighted by Crippen LogP contribution is -2.36. The van der Waals surface area contributed by atoms with Crippen molar-refractivity contribution >= 4 is 29.9 Å². The van der Waals surface area contributed by atoms with E-state index in [1.54, 1.807) is 28.4 Å². The number of hydrogen-bond donors (Lipinski definition) is 2. The fourth-order valence-electron chi connectivity index (χ4n) is 3.27. The molecule has 0 bridgehead atoms. The maximum atomic E-state index is 5.85. The Hall–Kier alpha value is -3.14. The molecule has 0 saturated heterocycles. The van der Waals surface area contributed by atoms with Crippen molar-refractivity contribution in [1.82, 2.24) is 10.6 Å². The molecular weight excluding hydrogens is 545 g/mol. The molecule has 0 fully saturated rings. The third kappa shape index (κ3) is 7.72. The van der Waals surface area contributed by atoms with Crippen LogP contribution in [-0.4, -0.2) is 34.3 Å². The van der Waals surface area contributed by atoms with Gasteiger partial charge in [0.15, 0.2) is 17.5 Å². The van der Waals surface area contributed by atoms with Gasteiger partial charge in [0.05, 0.1) is 21.3 Å². The summed E-state index contributed by atoms with van der Waals surface area (Å²) >= 11 is 0. The van der Waals surface area contributed by atoms with Gasteiger partial charge < -0.3 is 29.6 Å². The van der Waals surface area contributed by atoms with Crippen LogP contribution in [0.4, 0.5) is 0 Å². The predicted octanol–water partition coefficient (Wildman–Crippen LogP) is 4.77. The summed E-state index contributed by atoms with van der Waals surface area (Å²) in [6.07, 6.45) is 0. The van der Waals surface area contributed by atoms with E-state index in [-0.39, 0.29) is 24.0 Å². The SMILES string of the molecule is CN=C(NCc1ccc(OCc2ccccc2)cc1)NCc1cc(OC)c(OC)c(OC)c1.I. The van der Waals surface area contributed by atoms with E-state index in [2.05, 4.69) is 27.8 Å². The number of aliphatic imine (C=N–C) groups is 1. The van der Waals surface area contributed by atoms with E-state index in [0.717, 1.165) is 22.4 Å². The largest absolute Gasteiger partial charge is 0.493 e. The van der Waals surface area contributed by atoms with E-state index in [1.807, 2.05) is 54.6 Å². The van der Waals surface area contributed by atoms with Gasteiger partial charge in [-0.1, -0.05) is 42.5 Å². The molecule has 0 aliphatic heterocycles. The number of methoxy groups -OCH3 is 3. The minimum atomic E-state index is 0. The minimum absolute atomic E-state index is 0. The Morgan fingerprint density at radius 2 is 1.32 bits per heavy atom. The number of rotatable bonds is 10. The smallest absolute Gasteiger partial charge is 0.203 e. The van der Waals surface area contributed by atoms with Gasteiger partial charge in [0.1, 0.15) is 12.4 Å². The lowest BCUT2D eigenvalue weighted by molar-refractivity contribution is 0.306. The van der Waals surface area contributed by atoms with E-state index in [4.69, 9.17) is 18.9 Å².